The summed E-state index contributed by atoms with van der Waals surface area (Å²) in [7, 11) is 0. The standard InChI is InChI=1S/C12H18F2N2/c1-12(2,3)7-11(16-15)9-6-8(13)4-5-10(9)14/h4-6,11,16H,7,15H2,1-3H3. The SMILES string of the molecule is CC(C)(C)CC(NN)c1cc(F)ccc1F. The first-order valence-corrected chi connectivity index (χ1v) is 5.24. The highest BCUT2D eigenvalue weighted by atomic mass is 19.1. The van der Waals surface area contributed by atoms with Crippen molar-refractivity contribution in [2.24, 2.45) is 11.3 Å². The number of hydrogen-bond acceptors (Lipinski definition) is 2. The van der Waals surface area contributed by atoms with E-state index < -0.39 is 11.6 Å². The second-order valence-electron chi connectivity index (χ2n) is 5.15. The maximum Gasteiger partial charge on any atom is 0.128 e. The van der Waals surface area contributed by atoms with Crippen LogP contribution in [0.15, 0.2) is 18.2 Å². The Morgan fingerprint density at radius 1 is 1.31 bits per heavy atom. The first-order valence-electron chi connectivity index (χ1n) is 5.24. The van der Waals surface area contributed by atoms with Crippen LogP contribution in [0.2, 0.25) is 0 Å². The summed E-state index contributed by atoms with van der Waals surface area (Å²) in [4.78, 5) is 0. The molecule has 0 aliphatic carbocycles. The molecule has 2 nitrogen and oxygen atoms in total. The van der Waals surface area contributed by atoms with Crippen LogP contribution in [0.5, 0.6) is 0 Å². The van der Waals surface area contributed by atoms with Gasteiger partial charge in [0, 0.05) is 11.6 Å². The van der Waals surface area contributed by atoms with Gasteiger partial charge in [0.25, 0.3) is 0 Å². The van der Waals surface area contributed by atoms with Crippen LogP contribution in [0, 0.1) is 17.0 Å². The fourth-order valence-corrected chi connectivity index (χ4v) is 1.65. The van der Waals surface area contributed by atoms with E-state index in [0.29, 0.717) is 6.42 Å². The predicted octanol–water partition coefficient (Wildman–Crippen LogP) is 2.91. The van der Waals surface area contributed by atoms with Crippen LogP contribution in [0.3, 0.4) is 0 Å². The van der Waals surface area contributed by atoms with Crippen molar-refractivity contribution in [1.29, 1.82) is 0 Å². The van der Waals surface area contributed by atoms with Crippen LogP contribution in [0.4, 0.5) is 8.78 Å². The predicted molar refractivity (Wildman–Crippen MR) is 60.5 cm³/mol. The molecule has 0 spiro atoms. The molecule has 0 fully saturated rings. The zero-order valence-corrected chi connectivity index (χ0v) is 9.85. The minimum Gasteiger partial charge on any atom is -0.271 e. The zero-order chi connectivity index (χ0) is 12.3. The summed E-state index contributed by atoms with van der Waals surface area (Å²) < 4.78 is 26.6. The largest absolute Gasteiger partial charge is 0.271 e. The van der Waals surface area contributed by atoms with Crippen LogP contribution in [0.1, 0.15) is 38.8 Å². The highest BCUT2D eigenvalue weighted by Gasteiger charge is 2.22. The van der Waals surface area contributed by atoms with Crippen molar-refractivity contribution in [2.75, 3.05) is 0 Å². The Labute approximate surface area is 94.8 Å². The number of hydrazine groups is 1. The molecule has 1 aromatic rings. The lowest BCUT2D eigenvalue weighted by atomic mass is 9.85. The van der Waals surface area contributed by atoms with Crippen LogP contribution in [-0.4, -0.2) is 0 Å². The molecule has 1 unspecified atom stereocenters. The normalized spacial score (nSPS) is 13.9. The van der Waals surface area contributed by atoms with Gasteiger partial charge in [0.15, 0.2) is 0 Å². The number of halogens is 2. The van der Waals surface area contributed by atoms with Gasteiger partial charge in [0.2, 0.25) is 0 Å². The smallest absolute Gasteiger partial charge is 0.128 e. The van der Waals surface area contributed by atoms with Gasteiger partial charge < -0.3 is 0 Å². The monoisotopic (exact) mass is 228 g/mol. The third-order valence-electron chi connectivity index (χ3n) is 2.35. The summed E-state index contributed by atoms with van der Waals surface area (Å²) in [6.07, 6.45) is 0.629. The van der Waals surface area contributed by atoms with E-state index in [2.05, 4.69) is 5.43 Å². The summed E-state index contributed by atoms with van der Waals surface area (Å²) in [5.41, 5.74) is 2.79. The molecule has 0 bridgehead atoms. The van der Waals surface area contributed by atoms with Gasteiger partial charge in [0.05, 0.1) is 0 Å². The Morgan fingerprint density at radius 3 is 2.44 bits per heavy atom. The van der Waals surface area contributed by atoms with E-state index in [1.807, 2.05) is 20.8 Å². The second-order valence-corrected chi connectivity index (χ2v) is 5.15. The molecule has 4 heteroatoms. The van der Waals surface area contributed by atoms with Crippen LogP contribution >= 0.6 is 0 Å². The number of rotatable bonds is 3. The van der Waals surface area contributed by atoms with E-state index in [0.717, 1.165) is 12.1 Å². The second kappa shape index (κ2) is 4.89. The molecule has 0 aromatic heterocycles. The molecule has 3 N–H and O–H groups in total. The first-order chi connectivity index (χ1) is 7.33. The Kier molecular flexibility index (Phi) is 3.99. The molecule has 0 aliphatic rings. The van der Waals surface area contributed by atoms with Gasteiger partial charge in [-0.1, -0.05) is 20.8 Å². The maximum atomic E-state index is 13.5. The van der Waals surface area contributed by atoms with Gasteiger partial charge in [-0.15, -0.1) is 0 Å². The summed E-state index contributed by atoms with van der Waals surface area (Å²) in [6, 6.07) is 3.03. The molecule has 0 saturated carbocycles. The van der Waals surface area contributed by atoms with E-state index in [1.54, 1.807) is 0 Å². The Hall–Kier alpha value is -1.00. The summed E-state index contributed by atoms with van der Waals surface area (Å²) >= 11 is 0. The minimum absolute atomic E-state index is 0.0181. The summed E-state index contributed by atoms with van der Waals surface area (Å²) in [5.74, 6) is 4.50. The number of nitrogens with two attached hydrogens (primary N) is 1. The highest BCUT2D eigenvalue weighted by molar-refractivity contribution is 5.22. The average molecular weight is 228 g/mol. The third-order valence-corrected chi connectivity index (χ3v) is 2.35. The van der Waals surface area contributed by atoms with Gasteiger partial charge >= 0.3 is 0 Å². The first kappa shape index (κ1) is 13.1. The molecular weight excluding hydrogens is 210 g/mol. The molecule has 1 aromatic carbocycles. The lowest BCUT2D eigenvalue weighted by Crippen LogP contribution is -2.31. The van der Waals surface area contributed by atoms with E-state index in [4.69, 9.17) is 5.84 Å². The molecule has 0 radical (unpaired) electrons. The average Bonchev–Trinajstić information content (AvgIpc) is 2.17. The number of benzene rings is 1. The van der Waals surface area contributed by atoms with E-state index in [-0.39, 0.29) is 17.0 Å². The van der Waals surface area contributed by atoms with Crippen molar-refractivity contribution in [2.45, 2.75) is 33.2 Å². The molecule has 1 rings (SSSR count). The minimum atomic E-state index is -0.453. The van der Waals surface area contributed by atoms with Crippen molar-refractivity contribution in [1.82, 2.24) is 5.43 Å². The fraction of sp³-hybridized carbons (Fsp3) is 0.500. The molecule has 0 heterocycles. The van der Waals surface area contributed by atoms with Gasteiger partial charge in [-0.2, -0.15) is 0 Å². The van der Waals surface area contributed by atoms with Gasteiger partial charge in [-0.25, -0.2) is 8.78 Å². The fourth-order valence-electron chi connectivity index (χ4n) is 1.65. The van der Waals surface area contributed by atoms with Crippen LogP contribution in [0.25, 0.3) is 0 Å². The molecule has 0 amide bonds. The van der Waals surface area contributed by atoms with Crippen molar-refractivity contribution >= 4 is 0 Å². The molecule has 16 heavy (non-hydrogen) atoms. The van der Waals surface area contributed by atoms with E-state index in [9.17, 15) is 8.78 Å². The summed E-state index contributed by atoms with van der Waals surface area (Å²) in [6.45, 7) is 6.07. The molecule has 1 atom stereocenters. The topological polar surface area (TPSA) is 38.0 Å². The molecule has 0 aliphatic heterocycles. The van der Waals surface area contributed by atoms with Crippen molar-refractivity contribution in [3.05, 3.63) is 35.4 Å². The molecular formula is C12H18F2N2. The van der Waals surface area contributed by atoms with Crippen LogP contribution < -0.4 is 11.3 Å². The highest BCUT2D eigenvalue weighted by Crippen LogP contribution is 2.30. The maximum absolute atomic E-state index is 13.5. The van der Waals surface area contributed by atoms with Crippen molar-refractivity contribution in [3.8, 4) is 0 Å². The van der Waals surface area contributed by atoms with Gasteiger partial charge in [-0.3, -0.25) is 11.3 Å². The zero-order valence-electron chi connectivity index (χ0n) is 9.85. The third kappa shape index (κ3) is 3.54. The lowest BCUT2D eigenvalue weighted by molar-refractivity contribution is 0.308. The van der Waals surface area contributed by atoms with E-state index >= 15 is 0 Å². The summed E-state index contributed by atoms with van der Waals surface area (Å²) in [5, 5.41) is 0. The Balaban J connectivity index is 2.99. The van der Waals surface area contributed by atoms with Crippen molar-refractivity contribution in [3.63, 3.8) is 0 Å². The number of hydrogen-bond donors (Lipinski definition) is 2. The van der Waals surface area contributed by atoms with Gasteiger partial charge in [0.1, 0.15) is 11.6 Å². The van der Waals surface area contributed by atoms with Gasteiger partial charge in [-0.05, 0) is 30.0 Å². The van der Waals surface area contributed by atoms with Crippen molar-refractivity contribution < 1.29 is 8.78 Å². The quantitative estimate of drug-likeness (QED) is 0.616. The molecule has 90 valence electrons. The number of nitrogens with one attached hydrogen (secondary N) is 1. The molecule has 0 saturated heterocycles. The Morgan fingerprint density at radius 2 is 1.94 bits per heavy atom. The van der Waals surface area contributed by atoms with Crippen LogP contribution in [-0.2, 0) is 0 Å². The lowest BCUT2D eigenvalue weighted by Gasteiger charge is -2.26. The Bertz CT molecular complexity index is 359. The van der Waals surface area contributed by atoms with E-state index in [1.165, 1.54) is 6.07 Å².